The normalized spacial score (nSPS) is 11.6. The Balaban J connectivity index is 1.56. The summed E-state index contributed by atoms with van der Waals surface area (Å²) < 4.78 is 27.6. The highest BCUT2D eigenvalue weighted by Gasteiger charge is 2.20. The number of carbonyl (C=O) groups excluding carboxylic acids is 2. The first-order valence-corrected chi connectivity index (χ1v) is 13.0. The predicted molar refractivity (Wildman–Crippen MR) is 144 cm³/mol. The summed E-state index contributed by atoms with van der Waals surface area (Å²) in [5, 5.41) is 10.6. The Morgan fingerprint density at radius 2 is 1.85 bits per heavy atom. The monoisotopic (exact) mass is 572 g/mol. The fraction of sp³-hybridized carbons (Fsp3) is 0.269. The van der Waals surface area contributed by atoms with Crippen LogP contribution in [0.15, 0.2) is 46.9 Å². The summed E-state index contributed by atoms with van der Waals surface area (Å²) in [5.74, 6) is 0.943. The highest BCUT2D eigenvalue weighted by molar-refractivity contribution is 7.20. The molecular formula is C26H25ClN4O7S. The molecule has 0 aliphatic carbocycles. The van der Waals surface area contributed by atoms with Gasteiger partial charge in [0.1, 0.15) is 27.7 Å². The van der Waals surface area contributed by atoms with Crippen molar-refractivity contribution in [3.8, 4) is 28.7 Å². The number of methoxy groups -OCH3 is 1. The van der Waals surface area contributed by atoms with Gasteiger partial charge in [0, 0.05) is 31.2 Å². The molecule has 0 spiro atoms. The van der Waals surface area contributed by atoms with Crippen LogP contribution in [0.3, 0.4) is 0 Å². The van der Waals surface area contributed by atoms with Crippen LogP contribution in [0.2, 0.25) is 4.34 Å². The number of hydrogen-bond donors (Lipinski definition) is 1. The van der Waals surface area contributed by atoms with Gasteiger partial charge in [0.2, 0.25) is 11.8 Å². The van der Waals surface area contributed by atoms with E-state index < -0.39 is 11.9 Å². The van der Waals surface area contributed by atoms with E-state index in [1.807, 2.05) is 6.92 Å². The molecule has 0 saturated carbocycles. The lowest BCUT2D eigenvalue weighted by atomic mass is 10.1. The number of halogens is 1. The molecule has 0 aliphatic heterocycles. The molecule has 2 heterocycles. The Morgan fingerprint density at radius 3 is 2.51 bits per heavy atom. The minimum atomic E-state index is -0.669. The van der Waals surface area contributed by atoms with Crippen molar-refractivity contribution in [2.24, 2.45) is 0 Å². The molecular weight excluding hydrogens is 548 g/mol. The van der Waals surface area contributed by atoms with Gasteiger partial charge in [-0.05, 0) is 50.2 Å². The molecule has 0 bridgehead atoms. The standard InChI is InChI=1S/C26H25ClN4O7S/c1-5-35-25(33)21-22(27)39-26(28-21)29-23(32)17-10-19(36-14(2)13-34-4)12-20(11-17)38-18-8-6-16(7-9-18)24-31-30-15(3)37-24/h6-12,14H,5,13H2,1-4H3,(H,28,29,32). The molecule has 0 aliphatic rings. The first-order chi connectivity index (χ1) is 18.7. The molecule has 13 heteroatoms. The Bertz CT molecular complexity index is 1460. The maximum atomic E-state index is 13.1. The van der Waals surface area contributed by atoms with Crippen LogP contribution in [0, 0.1) is 6.92 Å². The summed E-state index contributed by atoms with van der Waals surface area (Å²) in [7, 11) is 1.57. The number of ether oxygens (including phenoxy) is 4. The zero-order valence-corrected chi connectivity index (χ0v) is 23.1. The van der Waals surface area contributed by atoms with Crippen LogP contribution in [-0.2, 0) is 9.47 Å². The van der Waals surface area contributed by atoms with Gasteiger partial charge in [-0.1, -0.05) is 22.9 Å². The maximum Gasteiger partial charge on any atom is 0.359 e. The molecule has 1 N–H and O–H groups in total. The van der Waals surface area contributed by atoms with E-state index in [1.165, 1.54) is 0 Å². The highest BCUT2D eigenvalue weighted by atomic mass is 35.5. The molecule has 2 aromatic carbocycles. The highest BCUT2D eigenvalue weighted by Crippen LogP contribution is 2.32. The SMILES string of the molecule is CCOC(=O)c1nc(NC(=O)c2cc(Oc3ccc(-c4nnc(C)o4)cc3)cc(OC(C)COC)c2)sc1Cl. The number of thiazole rings is 1. The summed E-state index contributed by atoms with van der Waals surface area (Å²) >= 11 is 7.07. The van der Waals surface area contributed by atoms with Crippen molar-refractivity contribution in [2.75, 3.05) is 25.6 Å². The third kappa shape index (κ3) is 7.31. The average Bonchev–Trinajstić information content (AvgIpc) is 3.49. The molecule has 4 rings (SSSR count). The summed E-state index contributed by atoms with van der Waals surface area (Å²) in [6.45, 7) is 5.74. The maximum absolute atomic E-state index is 13.1. The van der Waals surface area contributed by atoms with Crippen LogP contribution in [0.4, 0.5) is 5.13 Å². The largest absolute Gasteiger partial charge is 0.488 e. The molecule has 39 heavy (non-hydrogen) atoms. The van der Waals surface area contributed by atoms with E-state index in [0.29, 0.717) is 35.6 Å². The molecule has 11 nitrogen and oxygen atoms in total. The van der Waals surface area contributed by atoms with Gasteiger partial charge in [-0.25, -0.2) is 9.78 Å². The summed E-state index contributed by atoms with van der Waals surface area (Å²) in [4.78, 5) is 29.3. The molecule has 0 fully saturated rings. The van der Waals surface area contributed by atoms with E-state index in [4.69, 9.17) is 35.0 Å². The molecule has 0 radical (unpaired) electrons. The zero-order chi connectivity index (χ0) is 27.9. The second-order valence-electron chi connectivity index (χ2n) is 8.15. The van der Waals surface area contributed by atoms with Crippen molar-refractivity contribution >= 4 is 39.9 Å². The number of nitrogens with zero attached hydrogens (tertiary/aromatic N) is 3. The van der Waals surface area contributed by atoms with Gasteiger partial charge < -0.3 is 23.4 Å². The van der Waals surface area contributed by atoms with Gasteiger partial charge >= 0.3 is 5.97 Å². The van der Waals surface area contributed by atoms with E-state index in [-0.39, 0.29) is 33.4 Å². The molecule has 2 aromatic heterocycles. The van der Waals surface area contributed by atoms with Gasteiger partial charge in [0.25, 0.3) is 5.91 Å². The number of aryl methyl sites for hydroxylation is 1. The van der Waals surface area contributed by atoms with Crippen molar-refractivity contribution < 1.29 is 33.0 Å². The summed E-state index contributed by atoms with van der Waals surface area (Å²) in [6.07, 6.45) is -0.289. The number of rotatable bonds is 11. The van der Waals surface area contributed by atoms with Crippen LogP contribution in [0.5, 0.6) is 17.2 Å². The Morgan fingerprint density at radius 1 is 1.10 bits per heavy atom. The molecule has 0 saturated heterocycles. The molecule has 1 atom stereocenters. The van der Waals surface area contributed by atoms with Crippen molar-refractivity contribution in [2.45, 2.75) is 26.9 Å². The van der Waals surface area contributed by atoms with E-state index in [0.717, 1.165) is 16.9 Å². The van der Waals surface area contributed by atoms with Crippen LogP contribution >= 0.6 is 22.9 Å². The quantitative estimate of drug-likeness (QED) is 0.220. The second kappa shape index (κ2) is 12.7. The number of nitrogens with one attached hydrogen (secondary N) is 1. The zero-order valence-electron chi connectivity index (χ0n) is 21.5. The third-order valence-electron chi connectivity index (χ3n) is 5.02. The van der Waals surface area contributed by atoms with Gasteiger partial charge in [-0.2, -0.15) is 0 Å². The number of carbonyl (C=O) groups is 2. The molecule has 204 valence electrons. The third-order valence-corrected chi connectivity index (χ3v) is 6.19. The molecule has 4 aromatic rings. The number of anilines is 1. The predicted octanol–water partition coefficient (Wildman–Crippen LogP) is 5.79. The van der Waals surface area contributed by atoms with Crippen LogP contribution in [0.25, 0.3) is 11.5 Å². The van der Waals surface area contributed by atoms with Crippen molar-refractivity contribution in [1.29, 1.82) is 0 Å². The van der Waals surface area contributed by atoms with E-state index in [2.05, 4.69) is 20.5 Å². The topological polar surface area (TPSA) is 135 Å². The Hall–Kier alpha value is -4.00. The van der Waals surface area contributed by atoms with Crippen LogP contribution in [-0.4, -0.2) is 53.5 Å². The Labute approximate surface area is 233 Å². The lowest BCUT2D eigenvalue weighted by Gasteiger charge is -2.16. The first-order valence-electron chi connectivity index (χ1n) is 11.8. The molecule has 1 unspecified atom stereocenters. The van der Waals surface area contributed by atoms with Crippen LogP contribution < -0.4 is 14.8 Å². The van der Waals surface area contributed by atoms with Crippen molar-refractivity contribution in [1.82, 2.24) is 15.2 Å². The number of hydrogen-bond acceptors (Lipinski definition) is 11. The van der Waals surface area contributed by atoms with E-state index >= 15 is 0 Å². The van der Waals surface area contributed by atoms with Crippen molar-refractivity contribution in [3.05, 3.63) is 63.9 Å². The minimum Gasteiger partial charge on any atom is -0.488 e. The smallest absolute Gasteiger partial charge is 0.359 e. The summed E-state index contributed by atoms with van der Waals surface area (Å²) in [5.41, 5.74) is 0.902. The Kier molecular flexibility index (Phi) is 9.12. The van der Waals surface area contributed by atoms with Crippen LogP contribution in [0.1, 0.15) is 40.6 Å². The van der Waals surface area contributed by atoms with Gasteiger partial charge in [-0.15, -0.1) is 10.2 Å². The van der Waals surface area contributed by atoms with Crippen molar-refractivity contribution in [3.63, 3.8) is 0 Å². The van der Waals surface area contributed by atoms with Gasteiger partial charge in [0.05, 0.1) is 13.2 Å². The molecule has 1 amide bonds. The minimum absolute atomic E-state index is 0.0625. The number of amides is 1. The van der Waals surface area contributed by atoms with Gasteiger partial charge in [-0.3, -0.25) is 10.1 Å². The number of aromatic nitrogens is 3. The number of esters is 1. The first kappa shape index (κ1) is 28.0. The van der Waals surface area contributed by atoms with Gasteiger partial charge in [0.15, 0.2) is 10.8 Å². The average molecular weight is 573 g/mol. The lowest BCUT2D eigenvalue weighted by Crippen LogP contribution is -2.18. The fourth-order valence-corrected chi connectivity index (χ4v) is 4.41. The van der Waals surface area contributed by atoms with E-state index in [1.54, 1.807) is 63.4 Å². The number of benzene rings is 2. The second-order valence-corrected chi connectivity index (χ2v) is 9.75. The summed E-state index contributed by atoms with van der Waals surface area (Å²) in [6, 6.07) is 11.8. The van der Waals surface area contributed by atoms with E-state index in [9.17, 15) is 9.59 Å². The fourth-order valence-electron chi connectivity index (χ4n) is 3.40. The lowest BCUT2D eigenvalue weighted by molar-refractivity contribution is 0.0520.